The second-order valence-corrected chi connectivity index (χ2v) is 7.00. The predicted octanol–water partition coefficient (Wildman–Crippen LogP) is 1.20. The van der Waals surface area contributed by atoms with Crippen LogP contribution in [0.4, 0.5) is 0 Å². The van der Waals surface area contributed by atoms with E-state index in [-0.39, 0.29) is 30.3 Å². The molecule has 2 saturated heterocycles. The molecule has 6 heteroatoms. The molecule has 0 aliphatic carbocycles. The number of aromatic nitrogens is 1. The molecule has 1 aromatic heterocycles. The van der Waals surface area contributed by atoms with Crippen molar-refractivity contribution in [1.29, 1.82) is 0 Å². The predicted molar refractivity (Wildman–Crippen MR) is 88.8 cm³/mol. The average molecular weight is 331 g/mol. The Kier molecular flexibility index (Phi) is 5.14. The minimum Gasteiger partial charge on any atom is -0.396 e. The second-order valence-electron chi connectivity index (χ2n) is 7.00. The molecule has 0 saturated carbocycles. The average Bonchev–Trinajstić information content (AvgIpc) is 2.60. The van der Waals surface area contributed by atoms with Crippen LogP contribution >= 0.6 is 0 Å². The second kappa shape index (κ2) is 7.30. The molecule has 6 nitrogen and oxygen atoms in total. The minimum atomic E-state index is -0.102. The van der Waals surface area contributed by atoms with Gasteiger partial charge in [-0.2, -0.15) is 0 Å². The van der Waals surface area contributed by atoms with Crippen LogP contribution in [0.1, 0.15) is 37.7 Å². The van der Waals surface area contributed by atoms with Gasteiger partial charge in [0.2, 0.25) is 11.8 Å². The topological polar surface area (TPSA) is 73.7 Å². The Morgan fingerprint density at radius 3 is 2.79 bits per heavy atom. The number of rotatable bonds is 4. The van der Waals surface area contributed by atoms with Crippen LogP contribution in [0.2, 0.25) is 0 Å². The van der Waals surface area contributed by atoms with Crippen LogP contribution in [0, 0.1) is 5.41 Å². The van der Waals surface area contributed by atoms with Gasteiger partial charge >= 0.3 is 0 Å². The zero-order valence-corrected chi connectivity index (χ0v) is 14.0. The van der Waals surface area contributed by atoms with E-state index >= 15 is 0 Å². The Labute approximate surface area is 142 Å². The third kappa shape index (κ3) is 3.75. The van der Waals surface area contributed by atoms with E-state index in [9.17, 15) is 9.59 Å². The SMILES string of the molecule is O=C(CCO)N1CCCC2(CCC(=O)N(Cc3ccncc3)C2)C1. The number of likely N-dealkylation sites (tertiary alicyclic amines) is 2. The maximum Gasteiger partial charge on any atom is 0.224 e. The van der Waals surface area contributed by atoms with Gasteiger partial charge in [-0.3, -0.25) is 14.6 Å². The largest absolute Gasteiger partial charge is 0.396 e. The first-order chi connectivity index (χ1) is 11.6. The smallest absolute Gasteiger partial charge is 0.224 e. The summed E-state index contributed by atoms with van der Waals surface area (Å²) in [5, 5.41) is 9.00. The molecule has 0 bridgehead atoms. The molecule has 3 heterocycles. The molecular weight excluding hydrogens is 306 g/mol. The molecular formula is C18H25N3O3. The Balaban J connectivity index is 1.69. The molecule has 2 aliphatic heterocycles. The van der Waals surface area contributed by atoms with E-state index in [2.05, 4.69) is 4.98 Å². The molecule has 1 spiro atoms. The van der Waals surface area contributed by atoms with E-state index in [0.29, 0.717) is 26.1 Å². The molecule has 130 valence electrons. The van der Waals surface area contributed by atoms with Crippen molar-refractivity contribution in [2.45, 2.75) is 38.6 Å². The first-order valence-corrected chi connectivity index (χ1v) is 8.67. The van der Waals surface area contributed by atoms with Gasteiger partial charge in [-0.05, 0) is 37.0 Å². The van der Waals surface area contributed by atoms with Crippen molar-refractivity contribution >= 4 is 11.8 Å². The van der Waals surface area contributed by atoms with Crippen molar-refractivity contribution in [1.82, 2.24) is 14.8 Å². The molecule has 1 atom stereocenters. The lowest BCUT2D eigenvalue weighted by atomic mass is 9.73. The highest BCUT2D eigenvalue weighted by Gasteiger charge is 2.42. The molecule has 1 aromatic rings. The molecule has 1 N–H and O–H groups in total. The molecule has 24 heavy (non-hydrogen) atoms. The summed E-state index contributed by atoms with van der Waals surface area (Å²) in [4.78, 5) is 32.3. The van der Waals surface area contributed by atoms with Gasteiger partial charge in [0.1, 0.15) is 0 Å². The monoisotopic (exact) mass is 331 g/mol. The number of carbonyl (C=O) groups excluding carboxylic acids is 2. The lowest BCUT2D eigenvalue weighted by molar-refractivity contribution is -0.143. The van der Waals surface area contributed by atoms with Crippen LogP contribution in [0.5, 0.6) is 0 Å². The number of hydrogen-bond donors (Lipinski definition) is 1. The molecule has 1 unspecified atom stereocenters. The van der Waals surface area contributed by atoms with Crippen molar-refractivity contribution in [3.05, 3.63) is 30.1 Å². The number of pyridine rings is 1. The summed E-state index contributed by atoms with van der Waals surface area (Å²) in [6.07, 6.45) is 7.10. The molecule has 2 fully saturated rings. The lowest BCUT2D eigenvalue weighted by Gasteiger charge is -2.48. The van der Waals surface area contributed by atoms with E-state index < -0.39 is 0 Å². The zero-order chi connectivity index (χ0) is 17.0. The highest BCUT2D eigenvalue weighted by atomic mass is 16.3. The number of amides is 2. The minimum absolute atomic E-state index is 0.00427. The van der Waals surface area contributed by atoms with Crippen LogP contribution in [-0.4, -0.2) is 57.9 Å². The maximum atomic E-state index is 12.3. The van der Waals surface area contributed by atoms with E-state index in [1.807, 2.05) is 21.9 Å². The Morgan fingerprint density at radius 1 is 1.25 bits per heavy atom. The van der Waals surface area contributed by atoms with Crippen LogP contribution in [-0.2, 0) is 16.1 Å². The van der Waals surface area contributed by atoms with Gasteiger partial charge in [0.05, 0.1) is 6.61 Å². The summed E-state index contributed by atoms with van der Waals surface area (Å²) in [5.74, 6) is 0.213. The van der Waals surface area contributed by atoms with Gasteiger partial charge in [0.25, 0.3) is 0 Å². The van der Waals surface area contributed by atoms with Gasteiger partial charge < -0.3 is 14.9 Å². The summed E-state index contributed by atoms with van der Waals surface area (Å²) in [6.45, 7) is 2.67. The quantitative estimate of drug-likeness (QED) is 0.899. The van der Waals surface area contributed by atoms with Crippen molar-refractivity contribution < 1.29 is 14.7 Å². The van der Waals surface area contributed by atoms with Crippen molar-refractivity contribution in [2.24, 2.45) is 5.41 Å². The van der Waals surface area contributed by atoms with Crippen molar-refractivity contribution in [3.8, 4) is 0 Å². The van der Waals surface area contributed by atoms with Gasteiger partial charge in [0.15, 0.2) is 0 Å². The Bertz CT molecular complexity index is 592. The fourth-order valence-corrected chi connectivity index (χ4v) is 3.96. The van der Waals surface area contributed by atoms with E-state index in [1.54, 1.807) is 12.4 Å². The van der Waals surface area contributed by atoms with Crippen molar-refractivity contribution in [2.75, 3.05) is 26.2 Å². The lowest BCUT2D eigenvalue weighted by Crippen LogP contribution is -2.54. The Hall–Kier alpha value is -1.95. The number of carbonyl (C=O) groups is 2. The number of hydrogen-bond acceptors (Lipinski definition) is 4. The number of piperidine rings is 2. The highest BCUT2D eigenvalue weighted by molar-refractivity contribution is 5.78. The summed E-state index contributed by atoms with van der Waals surface area (Å²) in [7, 11) is 0. The third-order valence-corrected chi connectivity index (χ3v) is 5.21. The van der Waals surface area contributed by atoms with E-state index in [4.69, 9.17) is 5.11 Å². The first kappa shape index (κ1) is 16.9. The van der Waals surface area contributed by atoms with Gasteiger partial charge in [-0.1, -0.05) is 0 Å². The number of nitrogens with zero attached hydrogens (tertiary/aromatic N) is 3. The van der Waals surface area contributed by atoms with Crippen molar-refractivity contribution in [3.63, 3.8) is 0 Å². The summed E-state index contributed by atoms with van der Waals surface area (Å²) in [6, 6.07) is 3.87. The van der Waals surface area contributed by atoms with Crippen LogP contribution in [0.25, 0.3) is 0 Å². The normalized spacial score (nSPS) is 24.5. The summed E-state index contributed by atoms with van der Waals surface area (Å²) in [5.41, 5.74) is 1.09. The van der Waals surface area contributed by atoms with Gasteiger partial charge in [0, 0.05) is 56.8 Å². The summed E-state index contributed by atoms with van der Waals surface area (Å²) < 4.78 is 0. The molecule has 3 rings (SSSR count). The summed E-state index contributed by atoms with van der Waals surface area (Å²) >= 11 is 0. The Morgan fingerprint density at radius 2 is 2.04 bits per heavy atom. The number of aliphatic hydroxyl groups is 1. The van der Waals surface area contributed by atoms with Crippen LogP contribution in [0.15, 0.2) is 24.5 Å². The van der Waals surface area contributed by atoms with E-state index in [0.717, 1.165) is 31.4 Å². The van der Waals surface area contributed by atoms with Gasteiger partial charge in [-0.15, -0.1) is 0 Å². The molecule has 2 aliphatic rings. The fourth-order valence-electron chi connectivity index (χ4n) is 3.96. The van der Waals surface area contributed by atoms with Crippen LogP contribution < -0.4 is 0 Å². The molecule has 0 radical (unpaired) electrons. The van der Waals surface area contributed by atoms with E-state index in [1.165, 1.54) is 0 Å². The highest BCUT2D eigenvalue weighted by Crippen LogP contribution is 2.39. The third-order valence-electron chi connectivity index (χ3n) is 5.21. The maximum absolute atomic E-state index is 12.3. The standard InChI is InChI=1S/C18H25N3O3/c22-11-5-17(24)20-10-1-6-18(13-20)7-2-16(23)21(14-18)12-15-3-8-19-9-4-15/h3-4,8-9,22H,1-2,5-7,10-14H2. The first-order valence-electron chi connectivity index (χ1n) is 8.67. The molecule has 2 amide bonds. The van der Waals surface area contributed by atoms with Gasteiger partial charge in [-0.25, -0.2) is 0 Å². The number of aliphatic hydroxyl groups excluding tert-OH is 1. The fraction of sp³-hybridized carbons (Fsp3) is 0.611. The van der Waals surface area contributed by atoms with Crippen LogP contribution in [0.3, 0.4) is 0 Å². The zero-order valence-electron chi connectivity index (χ0n) is 14.0. The molecule has 0 aromatic carbocycles.